The number of amides is 18. The van der Waals surface area contributed by atoms with Crippen LogP contribution in [0.3, 0.4) is 0 Å². The summed E-state index contributed by atoms with van der Waals surface area (Å²) in [6.45, 7) is 10.9. The number of aromatic nitrogens is 2. The summed E-state index contributed by atoms with van der Waals surface area (Å²) in [6, 6.07) is 4.38. The lowest BCUT2D eigenvalue weighted by Gasteiger charge is -2.39. The number of hydrogen-bond acceptors (Lipinski definition) is 28. The molecule has 814 valence electrons. The second-order valence-electron chi connectivity index (χ2n) is 39.6. The quantitative estimate of drug-likeness (QED) is 0.0112. The second kappa shape index (κ2) is 56.7. The van der Waals surface area contributed by atoms with Gasteiger partial charge in [-0.25, -0.2) is 0 Å². The van der Waals surface area contributed by atoms with E-state index in [0.29, 0.717) is 67.3 Å². The number of ether oxygens (including phenoxy) is 4. The van der Waals surface area contributed by atoms with Crippen molar-refractivity contribution < 1.29 is 120 Å². The third-order valence-electron chi connectivity index (χ3n) is 25.1. The Morgan fingerprint density at radius 3 is 1.86 bits per heavy atom. The van der Waals surface area contributed by atoms with Crippen molar-refractivity contribution in [2.45, 2.75) is 226 Å². The van der Waals surface area contributed by atoms with Crippen LogP contribution in [0, 0.1) is 6.92 Å². The normalized spacial score (nSPS) is 18.9. The van der Waals surface area contributed by atoms with E-state index in [-0.39, 0.29) is 116 Å². The number of likely N-dealkylation sites (N-methyl/N-ethyl adjacent to an activating group) is 2. The number of fused-ring (bicyclic) bond motifs is 2. The fourth-order valence-corrected chi connectivity index (χ4v) is 19.2. The number of phenols is 1. The molecule has 149 heavy (non-hydrogen) atoms. The van der Waals surface area contributed by atoms with E-state index in [4.69, 9.17) is 41.9 Å². The van der Waals surface area contributed by atoms with Gasteiger partial charge in [0.15, 0.2) is 0 Å². The number of benzene rings is 4. The largest absolute Gasteiger partial charge is 0.508 e. The van der Waals surface area contributed by atoms with Crippen LogP contribution in [-0.2, 0) is 126 Å². The Labute approximate surface area is 872 Å². The SMILES string of the molecule is CC(=O)N(C)CCCC[C@@H]1NC(=O)[C@H](Cc2c[nH]c3c(C)cccc23)NC(=O)[C@H]([C@@H](C)O)NC(=O)[C@H](CC(N)=O)NC(=O)[C@@H](NC(=O)CCOCCOCC[N+](C)(C)C)C(C)(C)SSC(C)(C)[C@@H](C(=O)N[C@@H](Cc2ccc(OCCN)cc2)C(=O)N[C@@H](Cc2ccc3cc(O)ccc3c2)C(=O)NC2(C(=O)N[C@@H](CCC(=O)N(C)C)C(=O)N[C@@H](CC(N)=O)C(=O)N[C@@H](Cc3cccnc3)C(=O)N(C)CC(N)=O)CCOCC2)NC1=O. The summed E-state index contributed by atoms with van der Waals surface area (Å²) in [5.41, 5.74) is 23.7. The van der Waals surface area contributed by atoms with Gasteiger partial charge >= 0.3 is 0 Å². The van der Waals surface area contributed by atoms with Crippen molar-refractivity contribution in [3.8, 4) is 11.5 Å². The molecule has 48 heteroatoms. The number of aliphatic hydroxyl groups is 1. The van der Waals surface area contributed by atoms with Gasteiger partial charge in [-0.3, -0.25) is 91.3 Å². The Morgan fingerprint density at radius 1 is 0.611 bits per heavy atom. The van der Waals surface area contributed by atoms with Crippen LogP contribution in [0.25, 0.3) is 21.7 Å². The third kappa shape index (κ3) is 37.9. The maximum atomic E-state index is 16.7. The number of nitrogens with zero attached hydrogens (tertiary/aromatic N) is 5. The monoisotopic (exact) mass is 2110 g/mol. The lowest BCUT2D eigenvalue weighted by atomic mass is 9.87. The second-order valence-corrected chi connectivity index (χ2v) is 43.0. The van der Waals surface area contributed by atoms with Crippen molar-refractivity contribution in [3.05, 3.63) is 137 Å². The highest BCUT2D eigenvalue weighted by Crippen LogP contribution is 2.47. The number of rotatable bonds is 49. The molecule has 2 aliphatic heterocycles. The molecule has 18 amide bonds. The number of phenolic OH excluding ortho intramolecular Hbond substituents is 1. The zero-order chi connectivity index (χ0) is 110. The summed E-state index contributed by atoms with van der Waals surface area (Å²) < 4.78 is 20.4. The maximum absolute atomic E-state index is 16.7. The molecule has 2 aromatic heterocycles. The fraction of sp³-hybridized carbons (Fsp3) is 0.535. The molecule has 8 rings (SSSR count). The number of primary amides is 3. The van der Waals surface area contributed by atoms with Crippen LogP contribution in [0.15, 0.2) is 110 Å². The average molecular weight is 2120 g/mol. The zero-order valence-electron chi connectivity index (χ0n) is 86.7. The van der Waals surface area contributed by atoms with Crippen molar-refractivity contribution in [1.29, 1.82) is 0 Å². The van der Waals surface area contributed by atoms with Crippen molar-refractivity contribution in [3.63, 3.8) is 0 Å². The van der Waals surface area contributed by atoms with Crippen LogP contribution in [0.5, 0.6) is 11.5 Å². The predicted octanol–water partition coefficient (Wildman–Crippen LogP) is -1.99. The number of pyridine rings is 1. The molecule has 0 aliphatic carbocycles. The van der Waals surface area contributed by atoms with Gasteiger partial charge in [0.2, 0.25) is 106 Å². The molecular weight excluding hydrogens is 1970 g/mol. The van der Waals surface area contributed by atoms with Gasteiger partial charge in [-0.2, -0.15) is 0 Å². The molecule has 46 nitrogen and oxygen atoms in total. The van der Waals surface area contributed by atoms with Crippen molar-refractivity contribution in [1.82, 2.24) is 88.5 Å². The highest BCUT2D eigenvalue weighted by molar-refractivity contribution is 8.77. The Bertz CT molecular complexity index is 5700. The zero-order valence-corrected chi connectivity index (χ0v) is 88.4. The fourth-order valence-electron chi connectivity index (χ4n) is 16.4. The molecular formula is C101H145N22O24S2+. The first kappa shape index (κ1) is 121. The molecule has 0 radical (unpaired) electrons. The number of nitrogens with one attached hydrogen (secondary N) is 13. The summed E-state index contributed by atoms with van der Waals surface area (Å²) in [6.07, 6.45) is -2.52. The van der Waals surface area contributed by atoms with E-state index in [0.717, 1.165) is 39.0 Å². The van der Waals surface area contributed by atoms with Gasteiger partial charge in [0.1, 0.15) is 96.6 Å². The van der Waals surface area contributed by atoms with Crippen LogP contribution in [0.2, 0.25) is 0 Å². The highest BCUT2D eigenvalue weighted by Gasteiger charge is 2.49. The van der Waals surface area contributed by atoms with Crippen LogP contribution < -0.4 is 91.5 Å². The molecule has 2 saturated heterocycles. The van der Waals surface area contributed by atoms with Crippen LogP contribution in [-0.4, -0.2) is 355 Å². The molecule has 12 atom stereocenters. The van der Waals surface area contributed by atoms with Crippen molar-refractivity contribution in [2.24, 2.45) is 22.9 Å². The summed E-state index contributed by atoms with van der Waals surface area (Å²) in [5, 5.41) is 56.1. The number of carbonyl (C=O) groups excluding carboxylic acids is 18. The number of aryl methyl sites for hydroxylation is 1. The van der Waals surface area contributed by atoms with E-state index in [1.807, 2.05) is 34.1 Å². The molecule has 6 aromatic rings. The van der Waals surface area contributed by atoms with E-state index >= 15 is 43.2 Å². The molecule has 23 N–H and O–H groups in total. The van der Waals surface area contributed by atoms with E-state index in [9.17, 15) is 53.4 Å². The molecule has 0 unspecified atom stereocenters. The van der Waals surface area contributed by atoms with Crippen molar-refractivity contribution >= 4 is 150 Å². The van der Waals surface area contributed by atoms with Crippen LogP contribution in [0.4, 0.5) is 0 Å². The molecule has 0 bridgehead atoms. The molecule has 0 spiro atoms. The topological polar surface area (TPSA) is 671 Å². The Morgan fingerprint density at radius 2 is 1.21 bits per heavy atom. The van der Waals surface area contributed by atoms with Gasteiger partial charge in [0.05, 0.1) is 73.1 Å². The number of unbranched alkanes of at least 4 members (excludes halogenated alkanes) is 1. The van der Waals surface area contributed by atoms with E-state index in [2.05, 4.69) is 73.8 Å². The molecule has 0 saturated carbocycles. The summed E-state index contributed by atoms with van der Waals surface area (Å²) in [4.78, 5) is 276. The first-order valence-electron chi connectivity index (χ1n) is 49.1. The van der Waals surface area contributed by atoms with Gasteiger partial charge < -0.3 is 140 Å². The van der Waals surface area contributed by atoms with E-state index in [1.54, 1.807) is 86.0 Å². The van der Waals surface area contributed by atoms with Crippen molar-refractivity contribution in [2.75, 3.05) is 122 Å². The van der Waals surface area contributed by atoms with E-state index in [1.165, 1.54) is 90.1 Å². The number of quaternary nitrogens is 1. The number of carbonyl (C=O) groups is 18. The number of para-hydroxylation sites is 1. The summed E-state index contributed by atoms with van der Waals surface area (Å²) >= 11 is 0. The van der Waals surface area contributed by atoms with Gasteiger partial charge in [-0.05, 0) is 136 Å². The smallest absolute Gasteiger partial charge is 0.246 e. The molecule has 4 aromatic carbocycles. The van der Waals surface area contributed by atoms with Crippen LogP contribution >= 0.6 is 21.6 Å². The Hall–Kier alpha value is -13.6. The number of aliphatic hydroxyl groups excluding tert-OH is 1. The highest BCUT2D eigenvalue weighted by atomic mass is 33.1. The Balaban J connectivity index is 1.26. The third-order valence-corrected chi connectivity index (χ3v) is 29.4. The first-order chi connectivity index (χ1) is 70.3. The summed E-state index contributed by atoms with van der Waals surface area (Å²) in [5.74, 6) is -17.6. The molecule has 2 fully saturated rings. The van der Waals surface area contributed by atoms with Gasteiger partial charge in [0.25, 0.3) is 0 Å². The molecule has 2 aliphatic rings. The standard InChI is InChI=1S/C101H144N22O24S2/c1-58-19-17-21-69-66(56-107-83(58)69)52-74-90(135)108-70(22-15-16-38-121(10)60(3)125)88(133)118-86(100(6,7)149-148-99(4,5)85(116-81(130)33-40-144-45-46-146-44-39-123(12,13)14)95(140)113-76(54-79(104)128)92(137)117-84(59(2)124)94(139)111-74)96(141)112-72(48-61-24-29-68(30-25-61)147-43-36-102)89(134)109-73(49-62-23-26-65-51-67(126)28-27-64(65)47-62)93(138)119-101(34-41-145-42-35-101)98(143)115-71(31-32-82(131)120(8)9)87(132)110-75(53-78(103)127)91(136)114-77(50-63-20-18-37-106-55-63)97(142)122(11)57-80(105)129/h17-21,23-30,37,47,51,55-56,59,70-77,84-86,107,124H,15-16,22,31-36,38-46,48-50,52-54,57,102H2,1-14H3,(H18-,103,104,105,108,109,110,111,112,113,114,115,116,117,118,119,126,127,128,129,130,132,133,134,135,136,137,138,139,140,141,143)/p+1/t59-,70+,71+,72+,73+,74+,75+,76+,77+,84+,85-,86-/m1/s1. The number of aromatic amines is 1. The van der Waals surface area contributed by atoms with Gasteiger partial charge in [-0.15, -0.1) is 0 Å². The minimum absolute atomic E-state index is 0.0712. The van der Waals surface area contributed by atoms with Gasteiger partial charge in [-0.1, -0.05) is 82.3 Å². The van der Waals surface area contributed by atoms with Gasteiger partial charge in [0, 0.05) is 152 Å². The minimum atomic E-state index is -2.11. The van der Waals surface area contributed by atoms with E-state index < -0.39 is 233 Å². The number of hydrogen-bond donors (Lipinski definition) is 19. The predicted molar refractivity (Wildman–Crippen MR) is 555 cm³/mol. The first-order valence-corrected chi connectivity index (χ1v) is 51.3. The minimum Gasteiger partial charge on any atom is -0.508 e. The number of H-pyrrole nitrogens is 1. The molecule has 4 heterocycles. The summed E-state index contributed by atoms with van der Waals surface area (Å²) in [7, 11) is 13.4. The lowest BCUT2D eigenvalue weighted by Crippen LogP contribution is -2.67. The Kier molecular flexibility index (Phi) is 45.8. The maximum Gasteiger partial charge on any atom is 0.246 e. The number of aromatic hydroxyl groups is 1. The van der Waals surface area contributed by atoms with Crippen LogP contribution in [0.1, 0.15) is 134 Å². The number of nitrogens with two attached hydrogens (primary N) is 4. The average Bonchev–Trinajstić information content (AvgIpc) is 1.75. The lowest BCUT2D eigenvalue weighted by molar-refractivity contribution is -0.870.